The first-order valence-corrected chi connectivity index (χ1v) is 7.54. The van der Waals surface area contributed by atoms with Gasteiger partial charge in [0, 0.05) is 10.4 Å². The second-order valence-electron chi connectivity index (χ2n) is 3.17. The van der Waals surface area contributed by atoms with Crippen molar-refractivity contribution in [2.45, 2.75) is 13.0 Å². The molecule has 1 unspecified atom stereocenters. The van der Waals surface area contributed by atoms with Crippen LogP contribution in [0.5, 0.6) is 0 Å². The standard InChI is InChI=1S/C10H8Br2OS2/c1-5-2-6(4-14-5)9(13)7-3-8(11)15-10(7)12/h2-4,9,13H,1H3. The summed E-state index contributed by atoms with van der Waals surface area (Å²) in [6.45, 7) is 2.04. The summed E-state index contributed by atoms with van der Waals surface area (Å²) < 4.78 is 2.00. The minimum absolute atomic E-state index is 0.535. The fourth-order valence-electron chi connectivity index (χ4n) is 1.33. The maximum absolute atomic E-state index is 10.2. The Kier molecular flexibility index (Phi) is 3.67. The van der Waals surface area contributed by atoms with Gasteiger partial charge in [0.15, 0.2) is 0 Å². The van der Waals surface area contributed by atoms with Gasteiger partial charge in [-0.05, 0) is 61.9 Å². The number of halogens is 2. The lowest BCUT2D eigenvalue weighted by Crippen LogP contribution is -1.96. The lowest BCUT2D eigenvalue weighted by Gasteiger charge is -2.06. The van der Waals surface area contributed by atoms with Crippen molar-refractivity contribution in [3.63, 3.8) is 0 Å². The Labute approximate surface area is 113 Å². The summed E-state index contributed by atoms with van der Waals surface area (Å²) >= 11 is 10.1. The minimum atomic E-state index is -0.535. The van der Waals surface area contributed by atoms with E-state index in [1.54, 1.807) is 22.7 Å². The summed E-state index contributed by atoms with van der Waals surface area (Å²) in [7, 11) is 0. The van der Waals surface area contributed by atoms with E-state index in [4.69, 9.17) is 0 Å². The molecule has 1 nitrogen and oxygen atoms in total. The van der Waals surface area contributed by atoms with Gasteiger partial charge < -0.3 is 5.11 Å². The number of thiophene rings is 2. The van der Waals surface area contributed by atoms with E-state index in [1.807, 2.05) is 24.4 Å². The lowest BCUT2D eigenvalue weighted by molar-refractivity contribution is 0.220. The topological polar surface area (TPSA) is 20.2 Å². The minimum Gasteiger partial charge on any atom is -0.384 e. The molecule has 0 fully saturated rings. The Morgan fingerprint density at radius 2 is 2.07 bits per heavy atom. The maximum Gasteiger partial charge on any atom is 0.107 e. The molecule has 0 bridgehead atoms. The van der Waals surface area contributed by atoms with E-state index in [2.05, 4.69) is 31.9 Å². The number of aliphatic hydroxyl groups is 1. The van der Waals surface area contributed by atoms with Crippen molar-refractivity contribution in [1.82, 2.24) is 0 Å². The van der Waals surface area contributed by atoms with E-state index >= 15 is 0 Å². The third-order valence-electron chi connectivity index (χ3n) is 2.04. The van der Waals surface area contributed by atoms with Crippen LogP contribution in [0.4, 0.5) is 0 Å². The second-order valence-corrected chi connectivity index (χ2v) is 8.04. The van der Waals surface area contributed by atoms with Gasteiger partial charge >= 0.3 is 0 Å². The van der Waals surface area contributed by atoms with E-state index < -0.39 is 6.10 Å². The van der Waals surface area contributed by atoms with Crippen LogP contribution in [-0.4, -0.2) is 5.11 Å². The molecule has 5 heteroatoms. The van der Waals surface area contributed by atoms with Crippen LogP contribution < -0.4 is 0 Å². The molecular weight excluding hydrogens is 360 g/mol. The number of aliphatic hydroxyl groups excluding tert-OH is 1. The second kappa shape index (κ2) is 4.67. The van der Waals surface area contributed by atoms with E-state index in [1.165, 1.54) is 4.88 Å². The first kappa shape index (κ1) is 11.8. The molecule has 0 saturated heterocycles. The van der Waals surface area contributed by atoms with Crippen molar-refractivity contribution in [2.75, 3.05) is 0 Å². The van der Waals surface area contributed by atoms with Crippen molar-refractivity contribution in [2.24, 2.45) is 0 Å². The maximum atomic E-state index is 10.2. The summed E-state index contributed by atoms with van der Waals surface area (Å²) in [6, 6.07) is 3.97. The van der Waals surface area contributed by atoms with Gasteiger partial charge in [-0.2, -0.15) is 0 Å². The highest BCUT2D eigenvalue weighted by atomic mass is 79.9. The lowest BCUT2D eigenvalue weighted by atomic mass is 10.1. The molecule has 2 rings (SSSR count). The van der Waals surface area contributed by atoms with Crippen molar-refractivity contribution in [3.05, 3.63) is 41.1 Å². The van der Waals surface area contributed by atoms with E-state index in [-0.39, 0.29) is 0 Å². The Hall–Kier alpha value is 0.320. The molecule has 1 N–H and O–H groups in total. The molecule has 0 saturated carbocycles. The molecular formula is C10H8Br2OS2. The van der Waals surface area contributed by atoms with Crippen LogP contribution in [0.25, 0.3) is 0 Å². The summed E-state index contributed by atoms with van der Waals surface area (Å²) in [5.74, 6) is 0. The van der Waals surface area contributed by atoms with Gasteiger partial charge in [-0.3, -0.25) is 0 Å². The van der Waals surface area contributed by atoms with Crippen LogP contribution in [0.15, 0.2) is 25.1 Å². The molecule has 2 aromatic heterocycles. The zero-order chi connectivity index (χ0) is 11.0. The van der Waals surface area contributed by atoms with Gasteiger partial charge in [-0.1, -0.05) is 0 Å². The molecule has 0 aliphatic carbocycles. The van der Waals surface area contributed by atoms with E-state index in [0.29, 0.717) is 0 Å². The number of aryl methyl sites for hydroxylation is 1. The third-order valence-corrected chi connectivity index (χ3v) is 5.31. The monoisotopic (exact) mass is 366 g/mol. The fraction of sp³-hybridized carbons (Fsp3) is 0.200. The van der Waals surface area contributed by atoms with Gasteiger partial charge in [-0.25, -0.2) is 0 Å². The third kappa shape index (κ3) is 2.53. The summed E-state index contributed by atoms with van der Waals surface area (Å²) in [5, 5.41) is 12.2. The SMILES string of the molecule is Cc1cc(C(O)c2cc(Br)sc2Br)cs1. The zero-order valence-corrected chi connectivity index (χ0v) is 12.6. The van der Waals surface area contributed by atoms with Gasteiger partial charge in [0.1, 0.15) is 6.10 Å². The van der Waals surface area contributed by atoms with Crippen LogP contribution in [0.2, 0.25) is 0 Å². The molecule has 0 radical (unpaired) electrons. The molecule has 0 spiro atoms. The summed E-state index contributed by atoms with van der Waals surface area (Å²) in [5.41, 5.74) is 1.88. The quantitative estimate of drug-likeness (QED) is 0.813. The number of hydrogen-bond acceptors (Lipinski definition) is 3. The van der Waals surface area contributed by atoms with E-state index in [9.17, 15) is 5.11 Å². The summed E-state index contributed by atoms with van der Waals surface area (Å²) in [6.07, 6.45) is -0.535. The average molecular weight is 368 g/mol. The van der Waals surface area contributed by atoms with Crippen molar-refractivity contribution in [3.8, 4) is 0 Å². The molecule has 0 aromatic carbocycles. The first-order chi connectivity index (χ1) is 7.08. The smallest absolute Gasteiger partial charge is 0.107 e. The molecule has 2 heterocycles. The highest BCUT2D eigenvalue weighted by Crippen LogP contribution is 2.38. The largest absolute Gasteiger partial charge is 0.384 e. The molecule has 15 heavy (non-hydrogen) atoms. The van der Waals surface area contributed by atoms with Gasteiger partial charge in [0.25, 0.3) is 0 Å². The van der Waals surface area contributed by atoms with Gasteiger partial charge in [0.05, 0.1) is 7.57 Å². The van der Waals surface area contributed by atoms with Gasteiger partial charge in [0.2, 0.25) is 0 Å². The summed E-state index contributed by atoms with van der Waals surface area (Å²) in [4.78, 5) is 1.22. The molecule has 80 valence electrons. The van der Waals surface area contributed by atoms with Crippen molar-refractivity contribution in [1.29, 1.82) is 0 Å². The molecule has 0 aliphatic heterocycles. The molecule has 2 aromatic rings. The zero-order valence-electron chi connectivity index (χ0n) is 7.83. The predicted molar refractivity (Wildman–Crippen MR) is 72.8 cm³/mol. The van der Waals surface area contributed by atoms with Gasteiger partial charge in [-0.15, -0.1) is 22.7 Å². The fourth-order valence-corrected chi connectivity index (χ4v) is 4.93. The van der Waals surface area contributed by atoms with Crippen LogP contribution in [0.1, 0.15) is 22.1 Å². The Morgan fingerprint density at radius 3 is 2.53 bits per heavy atom. The van der Waals surface area contributed by atoms with Crippen LogP contribution in [0, 0.1) is 6.92 Å². The average Bonchev–Trinajstić information content (AvgIpc) is 2.71. The van der Waals surface area contributed by atoms with Crippen LogP contribution >= 0.6 is 54.5 Å². The molecule has 0 amide bonds. The van der Waals surface area contributed by atoms with Crippen LogP contribution in [-0.2, 0) is 0 Å². The molecule has 0 aliphatic rings. The predicted octanol–water partition coefficient (Wildman–Crippen LogP) is 4.72. The van der Waals surface area contributed by atoms with Crippen molar-refractivity contribution >= 4 is 54.5 Å². The Bertz CT molecular complexity index is 475. The number of hydrogen-bond donors (Lipinski definition) is 1. The highest BCUT2D eigenvalue weighted by Gasteiger charge is 2.17. The first-order valence-electron chi connectivity index (χ1n) is 4.25. The van der Waals surface area contributed by atoms with Crippen LogP contribution in [0.3, 0.4) is 0 Å². The highest BCUT2D eigenvalue weighted by molar-refractivity contribution is 9.12. The molecule has 1 atom stereocenters. The number of rotatable bonds is 2. The Balaban J connectivity index is 2.35. The van der Waals surface area contributed by atoms with Crippen molar-refractivity contribution < 1.29 is 5.11 Å². The normalized spacial score (nSPS) is 13.1. The van der Waals surface area contributed by atoms with E-state index in [0.717, 1.165) is 18.7 Å². The Morgan fingerprint density at radius 1 is 1.33 bits per heavy atom.